The van der Waals surface area contributed by atoms with Crippen molar-refractivity contribution in [2.24, 2.45) is 0 Å². The van der Waals surface area contributed by atoms with Gasteiger partial charge in [-0.2, -0.15) is 0 Å². The van der Waals surface area contributed by atoms with E-state index in [-0.39, 0.29) is 27.7 Å². The van der Waals surface area contributed by atoms with Crippen LogP contribution < -0.4 is 0 Å². The summed E-state index contributed by atoms with van der Waals surface area (Å²) in [5, 5.41) is 0. The molecule has 0 N–H and O–H groups in total. The van der Waals surface area contributed by atoms with Gasteiger partial charge in [0.05, 0.1) is 5.56 Å². The lowest BCUT2D eigenvalue weighted by Crippen LogP contribution is -2.35. The van der Waals surface area contributed by atoms with E-state index in [4.69, 9.17) is 0 Å². The Balaban J connectivity index is 4.38. The molecule has 1 rings (SSSR count). The lowest BCUT2D eigenvalue weighted by atomic mass is 9.76. The predicted molar refractivity (Wildman–Crippen MR) is 114 cm³/mol. The highest BCUT2D eigenvalue weighted by Crippen LogP contribution is 2.46. The van der Waals surface area contributed by atoms with E-state index in [1.54, 1.807) is 4.90 Å². The van der Waals surface area contributed by atoms with Gasteiger partial charge in [-0.15, -0.1) is 0 Å². The summed E-state index contributed by atoms with van der Waals surface area (Å²) in [6.45, 7) is 26.8. The topological polar surface area (TPSA) is 25.2 Å². The maximum Gasteiger partial charge on any atom is 0.255 e. The summed E-state index contributed by atoms with van der Waals surface area (Å²) in [4.78, 5) is 15.1. The van der Waals surface area contributed by atoms with Crippen LogP contribution in [-0.4, -0.2) is 29.5 Å². The van der Waals surface area contributed by atoms with E-state index in [9.17, 15) is 4.79 Å². The van der Waals surface area contributed by atoms with E-state index >= 15 is 0 Å². The van der Waals surface area contributed by atoms with Crippen LogP contribution in [0.5, 0.6) is 0 Å². The lowest BCUT2D eigenvalue weighted by Gasteiger charge is -2.37. The van der Waals surface area contributed by atoms with E-state index in [0.29, 0.717) is 0 Å². The quantitative estimate of drug-likeness (QED) is 0.616. The van der Waals surface area contributed by atoms with Crippen LogP contribution in [0.25, 0.3) is 0 Å². The van der Waals surface area contributed by atoms with Crippen molar-refractivity contribution in [1.82, 2.24) is 9.47 Å². The van der Waals surface area contributed by atoms with Crippen molar-refractivity contribution < 1.29 is 4.79 Å². The molecule has 0 radical (unpaired) electrons. The van der Waals surface area contributed by atoms with Crippen LogP contribution in [0.15, 0.2) is 0 Å². The number of amides is 1. The molecule has 1 heterocycles. The summed E-state index contributed by atoms with van der Waals surface area (Å²) in [6, 6.07) is 0. The fourth-order valence-corrected chi connectivity index (χ4v) is 3.83. The third-order valence-electron chi connectivity index (χ3n) is 4.63. The van der Waals surface area contributed by atoms with Crippen LogP contribution in [0.2, 0.25) is 0 Å². The first kappa shape index (κ1) is 22.8. The van der Waals surface area contributed by atoms with Gasteiger partial charge in [-0.3, -0.25) is 4.79 Å². The Morgan fingerprint density at radius 3 is 1.31 bits per heavy atom. The highest BCUT2D eigenvalue weighted by atomic mass is 16.2. The number of hydrogen-bond acceptors (Lipinski definition) is 1. The van der Waals surface area contributed by atoms with Crippen molar-refractivity contribution in [3.8, 4) is 0 Å². The van der Waals surface area contributed by atoms with E-state index in [1.807, 2.05) is 14.1 Å². The monoisotopic (exact) mass is 362 g/mol. The third kappa shape index (κ3) is 4.18. The van der Waals surface area contributed by atoms with Gasteiger partial charge in [0.2, 0.25) is 0 Å². The first-order valence-corrected chi connectivity index (χ1v) is 9.74. The van der Waals surface area contributed by atoms with Crippen LogP contribution in [-0.2, 0) is 21.8 Å². The van der Waals surface area contributed by atoms with Crippen molar-refractivity contribution in [3.63, 3.8) is 0 Å². The van der Waals surface area contributed by atoms with Crippen molar-refractivity contribution in [3.05, 3.63) is 22.5 Å². The molecule has 0 aliphatic rings. The van der Waals surface area contributed by atoms with Gasteiger partial charge in [-0.25, -0.2) is 0 Å². The van der Waals surface area contributed by atoms with Crippen LogP contribution in [0, 0.1) is 0 Å². The Kier molecular flexibility index (Phi) is 5.63. The molecule has 3 nitrogen and oxygen atoms in total. The highest BCUT2D eigenvalue weighted by Gasteiger charge is 2.43. The number of carbonyl (C=O) groups is 1. The van der Waals surface area contributed by atoms with E-state index < -0.39 is 0 Å². The molecule has 0 aromatic carbocycles. The molecule has 0 spiro atoms. The van der Waals surface area contributed by atoms with Crippen molar-refractivity contribution in [2.45, 2.75) is 105 Å². The molecule has 0 unspecified atom stereocenters. The van der Waals surface area contributed by atoms with Crippen LogP contribution in [0.1, 0.15) is 110 Å². The molecule has 0 saturated heterocycles. The average molecular weight is 363 g/mol. The third-order valence-corrected chi connectivity index (χ3v) is 4.63. The summed E-state index contributed by atoms with van der Waals surface area (Å²) in [7, 11) is 3.71. The predicted octanol–water partition coefficient (Wildman–Crippen LogP) is 5.84. The summed E-state index contributed by atoms with van der Waals surface area (Å²) in [6.07, 6.45) is 0. The van der Waals surface area contributed by atoms with Gasteiger partial charge in [0.25, 0.3) is 5.91 Å². The second-order valence-corrected chi connectivity index (χ2v) is 11.9. The Hall–Kier alpha value is -1.25. The second kappa shape index (κ2) is 6.42. The molecule has 0 aliphatic heterocycles. The zero-order valence-corrected chi connectivity index (χ0v) is 19.8. The molecule has 0 bridgehead atoms. The smallest absolute Gasteiger partial charge is 0.255 e. The molecular weight excluding hydrogens is 320 g/mol. The Morgan fingerprint density at radius 1 is 0.692 bits per heavy atom. The lowest BCUT2D eigenvalue weighted by molar-refractivity contribution is 0.0822. The Morgan fingerprint density at radius 2 is 1.08 bits per heavy atom. The minimum absolute atomic E-state index is 0.0687. The summed E-state index contributed by atoms with van der Waals surface area (Å²) < 4.78 is 2.46. The standard InChI is InChI=1S/C23H42N2O/c1-20(2,3)16-15(19(26)24(13)14)17(21(4,5)6)25(23(10,11)12)18(16)22(7,8)9/h1-14H3. The normalized spacial score (nSPS) is 13.9. The van der Waals surface area contributed by atoms with Gasteiger partial charge in [-0.1, -0.05) is 62.3 Å². The van der Waals surface area contributed by atoms with Gasteiger partial charge in [0.1, 0.15) is 0 Å². The van der Waals surface area contributed by atoms with Crippen LogP contribution >= 0.6 is 0 Å². The molecule has 0 saturated carbocycles. The van der Waals surface area contributed by atoms with E-state index in [2.05, 4.69) is 87.7 Å². The number of nitrogens with zero attached hydrogens (tertiary/aromatic N) is 2. The van der Waals surface area contributed by atoms with Gasteiger partial charge < -0.3 is 9.47 Å². The molecule has 1 aromatic rings. The fourth-order valence-electron chi connectivity index (χ4n) is 3.83. The molecule has 26 heavy (non-hydrogen) atoms. The second-order valence-electron chi connectivity index (χ2n) is 11.9. The number of carbonyl (C=O) groups excluding carboxylic acids is 1. The van der Waals surface area contributed by atoms with Gasteiger partial charge in [0, 0.05) is 41.9 Å². The average Bonchev–Trinajstić information content (AvgIpc) is 2.72. The number of rotatable bonds is 1. The van der Waals surface area contributed by atoms with Gasteiger partial charge in [-0.05, 0) is 31.7 Å². The van der Waals surface area contributed by atoms with Crippen molar-refractivity contribution >= 4 is 5.91 Å². The minimum Gasteiger partial charge on any atom is -0.345 e. The maximum atomic E-state index is 13.4. The Labute approximate surface area is 162 Å². The maximum absolute atomic E-state index is 13.4. The summed E-state index contributed by atoms with van der Waals surface area (Å²) in [5.74, 6) is 0.105. The minimum atomic E-state index is -0.141. The molecular formula is C23H42N2O. The summed E-state index contributed by atoms with van der Waals surface area (Å²) >= 11 is 0. The molecule has 0 fully saturated rings. The molecule has 1 aromatic heterocycles. The van der Waals surface area contributed by atoms with Crippen LogP contribution in [0.3, 0.4) is 0 Å². The molecule has 1 amide bonds. The van der Waals surface area contributed by atoms with E-state index in [0.717, 1.165) is 11.3 Å². The molecule has 0 atom stereocenters. The highest BCUT2D eigenvalue weighted by molar-refractivity contribution is 5.98. The molecule has 3 heteroatoms. The number of hydrogen-bond donors (Lipinski definition) is 0. The number of aromatic nitrogens is 1. The summed E-state index contributed by atoms with van der Waals surface area (Å²) in [5.41, 5.74) is 4.08. The van der Waals surface area contributed by atoms with Crippen LogP contribution in [0.4, 0.5) is 0 Å². The van der Waals surface area contributed by atoms with E-state index in [1.165, 1.54) is 11.3 Å². The first-order chi connectivity index (χ1) is 11.2. The van der Waals surface area contributed by atoms with Crippen molar-refractivity contribution in [2.75, 3.05) is 14.1 Å². The molecule has 150 valence electrons. The largest absolute Gasteiger partial charge is 0.345 e. The van der Waals surface area contributed by atoms with Gasteiger partial charge in [0.15, 0.2) is 0 Å². The Bertz CT molecular complexity index is 629. The fraction of sp³-hybridized carbons (Fsp3) is 0.783. The first-order valence-electron chi connectivity index (χ1n) is 9.74. The van der Waals surface area contributed by atoms with Gasteiger partial charge >= 0.3 is 0 Å². The zero-order valence-electron chi connectivity index (χ0n) is 19.8. The zero-order chi connectivity index (χ0) is 21.0. The van der Waals surface area contributed by atoms with Crippen molar-refractivity contribution in [1.29, 1.82) is 0 Å². The SMILES string of the molecule is CN(C)C(=O)c1c(C(C)(C)C)c(C(C)(C)C)n(C(C)(C)C)c1C(C)(C)C. The molecule has 0 aliphatic carbocycles.